The Labute approximate surface area is 243 Å². The zero-order chi connectivity index (χ0) is 31.9. The Bertz CT molecular complexity index is 993. The lowest BCUT2D eigenvalue weighted by Crippen LogP contribution is -2.15. The molecule has 0 aliphatic carbocycles. The summed E-state index contributed by atoms with van der Waals surface area (Å²) in [6.07, 6.45) is -8.69. The first-order chi connectivity index (χ1) is 19.2. The average Bonchev–Trinajstić information content (AvgIpc) is 2.93. The Morgan fingerprint density at radius 1 is 0.756 bits per heavy atom. The number of methoxy groups -OCH3 is 3. The molecule has 0 saturated carbocycles. The first-order valence-electron chi connectivity index (χ1n) is 12.3. The molecule has 1 unspecified atom stereocenters. The van der Waals surface area contributed by atoms with Crippen LogP contribution in [-0.2, 0) is 20.0 Å². The van der Waals surface area contributed by atoms with E-state index in [4.69, 9.17) is 14.2 Å². The zero-order valence-electron chi connectivity index (χ0n) is 24.2. The molecular weight excluding hydrogens is 570 g/mol. The van der Waals surface area contributed by atoms with Crippen LogP contribution in [-0.4, -0.2) is 39.7 Å². The van der Waals surface area contributed by atoms with Gasteiger partial charge in [-0.3, -0.25) is 0 Å². The van der Waals surface area contributed by atoms with Gasteiger partial charge in [-0.05, 0) is 35.4 Å². The van der Waals surface area contributed by atoms with Crippen LogP contribution in [0.1, 0.15) is 44.9 Å². The molecule has 3 aromatic carbocycles. The first kappa shape index (κ1) is 40.0. The summed E-state index contributed by atoms with van der Waals surface area (Å²) in [5.41, 5.74) is 2.00. The van der Waals surface area contributed by atoms with Gasteiger partial charge in [0.1, 0.15) is 5.75 Å². The number of alkyl halides is 6. The third-order valence-corrected chi connectivity index (χ3v) is 5.11. The number of thioether (sulfide) groups is 1. The molecule has 230 valence electrons. The van der Waals surface area contributed by atoms with Crippen LogP contribution in [0.3, 0.4) is 0 Å². The lowest BCUT2D eigenvalue weighted by molar-refractivity contribution is -0.152. The van der Waals surface area contributed by atoms with Gasteiger partial charge in [-0.1, -0.05) is 74.5 Å². The lowest BCUT2D eigenvalue weighted by Gasteiger charge is -2.14. The molecule has 1 atom stereocenters. The van der Waals surface area contributed by atoms with Crippen LogP contribution in [0.2, 0.25) is 0 Å². The van der Waals surface area contributed by atoms with Gasteiger partial charge in [-0.15, -0.1) is 11.8 Å². The van der Waals surface area contributed by atoms with Gasteiger partial charge in [0.15, 0.2) is 6.10 Å². The number of carbonyl (C=O) groups is 1. The molecule has 0 N–H and O–H groups in total. The summed E-state index contributed by atoms with van der Waals surface area (Å²) < 4.78 is 77.3. The molecule has 11 heteroatoms. The van der Waals surface area contributed by atoms with E-state index in [1.807, 2.05) is 98.8 Å². The minimum absolute atomic E-state index is 0.188. The van der Waals surface area contributed by atoms with Crippen molar-refractivity contribution in [3.63, 3.8) is 0 Å². The van der Waals surface area contributed by atoms with E-state index in [1.54, 1.807) is 18.9 Å². The Morgan fingerprint density at radius 2 is 1.20 bits per heavy atom. The van der Waals surface area contributed by atoms with Crippen molar-refractivity contribution in [3.8, 4) is 5.75 Å². The molecule has 0 radical (unpaired) electrons. The molecule has 0 aliphatic heterocycles. The maximum Gasteiger partial charge on any atom is 0.386 e. The molecule has 41 heavy (non-hydrogen) atoms. The minimum Gasteiger partial charge on any atom is -0.497 e. The fourth-order valence-electron chi connectivity index (χ4n) is 2.52. The molecule has 4 nitrogen and oxygen atoms in total. The number of halogens is 6. The van der Waals surface area contributed by atoms with Crippen molar-refractivity contribution < 1.29 is 45.3 Å². The second-order valence-electron chi connectivity index (χ2n) is 7.57. The average molecular weight is 609 g/mol. The number of hydrogen-bond donors (Lipinski definition) is 0. The first-order valence-corrected chi connectivity index (χ1v) is 13.3. The van der Waals surface area contributed by atoms with Gasteiger partial charge in [-0.25, -0.2) is 4.79 Å². The SMILES string of the molecule is CC.CC(F)(F)F.CC(F)(F)F.COC(=O)C(OC)c1cccc(SCc2ccc(OC)cc2)c1.c1ccccc1. The van der Waals surface area contributed by atoms with Crippen LogP contribution >= 0.6 is 11.8 Å². The van der Waals surface area contributed by atoms with Crippen molar-refractivity contribution in [2.45, 2.75) is 56.8 Å². The van der Waals surface area contributed by atoms with Gasteiger partial charge in [0.05, 0.1) is 14.2 Å². The van der Waals surface area contributed by atoms with Crippen molar-refractivity contribution in [1.82, 2.24) is 0 Å². The quantitative estimate of drug-likeness (QED) is 0.152. The van der Waals surface area contributed by atoms with E-state index >= 15 is 0 Å². The summed E-state index contributed by atoms with van der Waals surface area (Å²) in [7, 11) is 4.51. The van der Waals surface area contributed by atoms with Crippen molar-refractivity contribution >= 4 is 17.7 Å². The highest BCUT2D eigenvalue weighted by molar-refractivity contribution is 7.98. The predicted molar refractivity (Wildman–Crippen MR) is 152 cm³/mol. The molecule has 0 spiro atoms. The monoisotopic (exact) mass is 608 g/mol. The maximum absolute atomic E-state index is 11.7. The highest BCUT2D eigenvalue weighted by Crippen LogP contribution is 2.27. The number of hydrogen-bond acceptors (Lipinski definition) is 5. The fourth-order valence-corrected chi connectivity index (χ4v) is 3.44. The Kier molecular flexibility index (Phi) is 21.9. The molecule has 0 amide bonds. The van der Waals surface area contributed by atoms with Crippen LogP contribution in [0, 0.1) is 0 Å². The van der Waals surface area contributed by atoms with Crippen molar-refractivity contribution in [2.24, 2.45) is 0 Å². The molecule has 0 heterocycles. The third kappa shape index (κ3) is 25.5. The van der Waals surface area contributed by atoms with Gasteiger partial charge in [-0.2, -0.15) is 26.3 Å². The predicted octanol–water partition coefficient (Wildman–Crippen LogP) is 9.70. The molecular formula is C30H38F6O4S. The maximum atomic E-state index is 11.7. The number of rotatable bonds is 7. The van der Waals surface area contributed by atoms with Gasteiger partial charge in [0, 0.05) is 31.6 Å². The largest absolute Gasteiger partial charge is 0.497 e. The van der Waals surface area contributed by atoms with Crippen molar-refractivity contribution in [3.05, 3.63) is 96.1 Å². The highest BCUT2D eigenvalue weighted by Gasteiger charge is 2.21. The summed E-state index contributed by atoms with van der Waals surface area (Å²) in [5, 5.41) is 0. The van der Waals surface area contributed by atoms with E-state index in [1.165, 1.54) is 19.8 Å². The summed E-state index contributed by atoms with van der Waals surface area (Å²) in [6, 6.07) is 27.7. The van der Waals surface area contributed by atoms with Gasteiger partial charge < -0.3 is 14.2 Å². The lowest BCUT2D eigenvalue weighted by atomic mass is 10.1. The van der Waals surface area contributed by atoms with Crippen molar-refractivity contribution in [2.75, 3.05) is 21.3 Å². The highest BCUT2D eigenvalue weighted by atomic mass is 32.2. The van der Waals surface area contributed by atoms with Crippen LogP contribution in [0.15, 0.2) is 89.8 Å². The van der Waals surface area contributed by atoms with E-state index in [0.29, 0.717) is 0 Å². The van der Waals surface area contributed by atoms with Crippen LogP contribution in [0.5, 0.6) is 5.75 Å². The molecule has 0 aromatic heterocycles. The summed E-state index contributed by atoms with van der Waals surface area (Å²) in [4.78, 5) is 12.8. The smallest absolute Gasteiger partial charge is 0.386 e. The van der Waals surface area contributed by atoms with E-state index in [0.717, 1.165) is 22.0 Å². The minimum atomic E-state index is -4.00. The topological polar surface area (TPSA) is 44.8 Å². The Hall–Kier alpha value is -3.18. The van der Waals surface area contributed by atoms with Gasteiger partial charge in [0.2, 0.25) is 0 Å². The standard InChI is InChI=1S/C18H20O4S.C6H6.2C2H3F3.C2H6/c1-20-15-9-7-13(8-10-15)12-23-16-6-4-5-14(11-16)17(21-2)18(19)22-3;1-2-4-6-5-3-1;2*1-2(3,4)5;1-2/h4-11,17H,12H2,1-3H3;1-6H;2*1H3;1-2H3. The molecule has 0 aliphatic rings. The Morgan fingerprint density at radius 3 is 1.56 bits per heavy atom. The molecule has 3 aromatic rings. The van der Waals surface area contributed by atoms with Crippen LogP contribution in [0.25, 0.3) is 0 Å². The zero-order valence-corrected chi connectivity index (χ0v) is 25.0. The van der Waals surface area contributed by atoms with Gasteiger partial charge >= 0.3 is 18.3 Å². The second kappa shape index (κ2) is 22.5. The molecule has 0 saturated heterocycles. The second-order valence-corrected chi connectivity index (χ2v) is 8.61. The van der Waals surface area contributed by atoms with E-state index in [-0.39, 0.29) is 13.8 Å². The van der Waals surface area contributed by atoms with E-state index in [9.17, 15) is 31.1 Å². The molecule has 0 fully saturated rings. The normalized spacial score (nSPS) is 10.9. The molecule has 3 rings (SSSR count). The number of carbonyl (C=O) groups excluding carboxylic acids is 1. The Balaban J connectivity index is 0. The summed E-state index contributed by atoms with van der Waals surface area (Å²) in [5.74, 6) is 1.29. The van der Waals surface area contributed by atoms with E-state index < -0.39 is 24.4 Å². The van der Waals surface area contributed by atoms with Crippen LogP contribution < -0.4 is 4.74 Å². The van der Waals surface area contributed by atoms with Crippen LogP contribution in [0.4, 0.5) is 26.3 Å². The fraction of sp³-hybridized carbons (Fsp3) is 0.367. The number of esters is 1. The third-order valence-electron chi connectivity index (χ3n) is 4.04. The summed E-state index contributed by atoms with van der Waals surface area (Å²) in [6.45, 7) is 4.38. The van der Waals surface area contributed by atoms with Gasteiger partial charge in [0.25, 0.3) is 0 Å². The number of benzene rings is 3. The van der Waals surface area contributed by atoms with Crippen molar-refractivity contribution in [1.29, 1.82) is 0 Å². The van der Waals surface area contributed by atoms with E-state index in [2.05, 4.69) is 0 Å². The summed E-state index contributed by atoms with van der Waals surface area (Å²) >= 11 is 1.70. The number of ether oxygens (including phenoxy) is 3. The molecule has 0 bridgehead atoms.